The summed E-state index contributed by atoms with van der Waals surface area (Å²) in [6.45, 7) is 1.07. The highest BCUT2D eigenvalue weighted by molar-refractivity contribution is 9.10. The number of benzene rings is 1. The number of urea groups is 1. The molecule has 7 heteroatoms. The molecule has 0 aliphatic rings. The number of rotatable bonds is 4. The molecule has 1 aromatic carbocycles. The molecule has 0 fully saturated rings. The molecule has 2 amide bonds. The Bertz CT molecular complexity index is 441. The average Bonchev–Trinajstić information content (AvgIpc) is 2.25. The predicted molar refractivity (Wildman–Crippen MR) is 69.6 cm³/mol. The van der Waals surface area contributed by atoms with Crippen molar-refractivity contribution < 1.29 is 13.6 Å². The Morgan fingerprint density at radius 3 is 2.61 bits per heavy atom. The molecule has 0 aromatic heterocycles. The summed E-state index contributed by atoms with van der Waals surface area (Å²) >= 11 is 2.86. The highest BCUT2D eigenvalue weighted by atomic mass is 79.9. The molecule has 0 radical (unpaired) electrons. The number of amides is 2. The number of hydrogen-bond donors (Lipinski definition) is 2. The van der Waals surface area contributed by atoms with Gasteiger partial charge in [0.15, 0.2) is 0 Å². The summed E-state index contributed by atoms with van der Waals surface area (Å²) in [5.41, 5.74) is -0.196. The van der Waals surface area contributed by atoms with Gasteiger partial charge in [-0.3, -0.25) is 0 Å². The molecule has 0 spiro atoms. The molecule has 100 valence electrons. The van der Waals surface area contributed by atoms with Gasteiger partial charge in [-0.25, -0.2) is 13.6 Å². The highest BCUT2D eigenvalue weighted by Crippen LogP contribution is 2.23. The van der Waals surface area contributed by atoms with Crippen molar-refractivity contribution in [3.63, 3.8) is 0 Å². The van der Waals surface area contributed by atoms with Gasteiger partial charge in [0, 0.05) is 19.2 Å². The monoisotopic (exact) mass is 321 g/mol. The number of nitrogens with one attached hydrogen (secondary N) is 2. The van der Waals surface area contributed by atoms with E-state index in [1.807, 2.05) is 19.0 Å². The molecule has 4 nitrogen and oxygen atoms in total. The minimum absolute atomic E-state index is 0.0126. The van der Waals surface area contributed by atoms with Crippen LogP contribution in [0.15, 0.2) is 16.6 Å². The molecule has 0 saturated carbocycles. The van der Waals surface area contributed by atoms with Crippen LogP contribution in [0.1, 0.15) is 0 Å². The van der Waals surface area contributed by atoms with Crippen LogP contribution in [-0.2, 0) is 0 Å². The van der Waals surface area contributed by atoms with Crippen molar-refractivity contribution in [3.8, 4) is 0 Å². The summed E-state index contributed by atoms with van der Waals surface area (Å²) in [5.74, 6) is -1.34. The molecule has 0 heterocycles. The van der Waals surface area contributed by atoms with Gasteiger partial charge in [0.05, 0.1) is 10.2 Å². The first-order valence-electron chi connectivity index (χ1n) is 5.24. The Hall–Kier alpha value is -1.21. The van der Waals surface area contributed by atoms with Crippen molar-refractivity contribution >= 4 is 27.6 Å². The summed E-state index contributed by atoms with van der Waals surface area (Å²) < 4.78 is 26.6. The van der Waals surface area contributed by atoms with E-state index in [9.17, 15) is 13.6 Å². The van der Waals surface area contributed by atoms with E-state index in [0.717, 1.165) is 12.1 Å². The van der Waals surface area contributed by atoms with E-state index < -0.39 is 17.7 Å². The van der Waals surface area contributed by atoms with Crippen molar-refractivity contribution in [2.45, 2.75) is 0 Å². The Morgan fingerprint density at radius 1 is 1.33 bits per heavy atom. The second-order valence-corrected chi connectivity index (χ2v) is 4.78. The standard InChI is InChI=1S/C11H14BrF2N3O/c1-17(2)4-3-15-11(18)16-10-6-8(13)7(12)5-9(10)14/h5-6H,3-4H2,1-2H3,(H2,15,16,18). The minimum Gasteiger partial charge on any atom is -0.337 e. The molecule has 0 bridgehead atoms. The fourth-order valence-corrected chi connectivity index (χ4v) is 1.49. The van der Waals surface area contributed by atoms with Crippen LogP contribution in [0.2, 0.25) is 0 Å². The van der Waals surface area contributed by atoms with Crippen molar-refractivity contribution in [2.24, 2.45) is 0 Å². The Balaban J connectivity index is 2.57. The fraction of sp³-hybridized carbons (Fsp3) is 0.364. The normalized spacial score (nSPS) is 10.6. The van der Waals surface area contributed by atoms with E-state index in [-0.39, 0.29) is 10.2 Å². The summed E-state index contributed by atoms with van der Waals surface area (Å²) in [6, 6.07) is 1.31. The number of halogens is 3. The first-order valence-corrected chi connectivity index (χ1v) is 6.03. The number of nitrogens with zero attached hydrogens (tertiary/aromatic N) is 1. The summed E-state index contributed by atoms with van der Waals surface area (Å²) in [5, 5.41) is 4.78. The molecule has 0 atom stereocenters. The number of carbonyl (C=O) groups is 1. The highest BCUT2D eigenvalue weighted by Gasteiger charge is 2.10. The van der Waals surface area contributed by atoms with E-state index in [2.05, 4.69) is 26.6 Å². The lowest BCUT2D eigenvalue weighted by molar-refractivity contribution is 0.250. The zero-order chi connectivity index (χ0) is 13.7. The van der Waals surface area contributed by atoms with Gasteiger partial charge in [0.1, 0.15) is 11.6 Å². The van der Waals surface area contributed by atoms with E-state index in [1.165, 1.54) is 0 Å². The van der Waals surface area contributed by atoms with Crippen LogP contribution >= 0.6 is 15.9 Å². The molecule has 0 aliphatic heterocycles. The maximum atomic E-state index is 13.4. The van der Waals surface area contributed by atoms with E-state index in [1.54, 1.807) is 0 Å². The van der Waals surface area contributed by atoms with Gasteiger partial charge in [-0.2, -0.15) is 0 Å². The van der Waals surface area contributed by atoms with Crippen LogP contribution in [0.25, 0.3) is 0 Å². The zero-order valence-corrected chi connectivity index (χ0v) is 11.6. The SMILES string of the molecule is CN(C)CCNC(=O)Nc1cc(F)c(Br)cc1F. The van der Waals surface area contributed by atoms with E-state index in [0.29, 0.717) is 13.1 Å². The van der Waals surface area contributed by atoms with Gasteiger partial charge < -0.3 is 15.5 Å². The third kappa shape index (κ3) is 4.58. The lowest BCUT2D eigenvalue weighted by atomic mass is 10.3. The van der Waals surface area contributed by atoms with E-state index in [4.69, 9.17) is 0 Å². The molecular weight excluding hydrogens is 308 g/mol. The van der Waals surface area contributed by atoms with Gasteiger partial charge in [-0.15, -0.1) is 0 Å². The fourth-order valence-electron chi connectivity index (χ4n) is 1.18. The molecule has 0 saturated heterocycles. The molecule has 1 aromatic rings. The quantitative estimate of drug-likeness (QED) is 0.836. The molecule has 1 rings (SSSR count). The topological polar surface area (TPSA) is 44.4 Å². The second-order valence-electron chi connectivity index (χ2n) is 3.93. The Labute approximate surface area is 112 Å². The average molecular weight is 322 g/mol. The largest absolute Gasteiger partial charge is 0.337 e. The summed E-state index contributed by atoms with van der Waals surface area (Å²) in [7, 11) is 3.73. The number of carbonyl (C=O) groups excluding carboxylic acids is 1. The minimum atomic E-state index is -0.703. The molecule has 18 heavy (non-hydrogen) atoms. The smallest absolute Gasteiger partial charge is 0.319 e. The van der Waals surface area contributed by atoms with Gasteiger partial charge in [0.25, 0.3) is 0 Å². The van der Waals surface area contributed by atoms with Crippen LogP contribution in [0.3, 0.4) is 0 Å². The number of likely N-dealkylation sites (N-methyl/N-ethyl adjacent to an activating group) is 1. The van der Waals surface area contributed by atoms with Crippen LogP contribution in [-0.4, -0.2) is 38.1 Å². The molecule has 0 unspecified atom stereocenters. The van der Waals surface area contributed by atoms with Crippen molar-refractivity contribution in [1.82, 2.24) is 10.2 Å². The zero-order valence-electron chi connectivity index (χ0n) is 10.1. The van der Waals surface area contributed by atoms with Gasteiger partial charge in [-0.05, 0) is 36.1 Å². The van der Waals surface area contributed by atoms with Gasteiger partial charge in [-0.1, -0.05) is 0 Å². The lowest BCUT2D eigenvalue weighted by Gasteiger charge is -2.12. The van der Waals surface area contributed by atoms with Crippen molar-refractivity contribution in [2.75, 3.05) is 32.5 Å². The Kier molecular flexibility index (Phi) is 5.49. The summed E-state index contributed by atoms with van der Waals surface area (Å²) in [4.78, 5) is 13.3. The predicted octanol–water partition coefficient (Wildman–Crippen LogP) is 2.41. The maximum absolute atomic E-state index is 13.4. The maximum Gasteiger partial charge on any atom is 0.319 e. The van der Waals surface area contributed by atoms with E-state index >= 15 is 0 Å². The third-order valence-corrected chi connectivity index (χ3v) is 2.71. The van der Waals surface area contributed by atoms with Crippen LogP contribution in [0, 0.1) is 11.6 Å². The van der Waals surface area contributed by atoms with Gasteiger partial charge >= 0.3 is 6.03 Å². The second kappa shape index (κ2) is 6.65. The van der Waals surface area contributed by atoms with Crippen LogP contribution in [0.5, 0.6) is 0 Å². The number of anilines is 1. The first kappa shape index (κ1) is 14.8. The molecule has 0 aliphatic carbocycles. The van der Waals surface area contributed by atoms with Crippen LogP contribution < -0.4 is 10.6 Å². The van der Waals surface area contributed by atoms with Crippen LogP contribution in [0.4, 0.5) is 19.3 Å². The molecule has 2 N–H and O–H groups in total. The lowest BCUT2D eigenvalue weighted by Crippen LogP contribution is -2.34. The third-order valence-electron chi connectivity index (χ3n) is 2.10. The van der Waals surface area contributed by atoms with Crippen molar-refractivity contribution in [1.29, 1.82) is 0 Å². The Morgan fingerprint density at radius 2 is 2.00 bits per heavy atom. The molecular formula is C11H14BrF2N3O. The summed E-state index contributed by atoms with van der Waals surface area (Å²) in [6.07, 6.45) is 0. The van der Waals surface area contributed by atoms with Gasteiger partial charge in [0.2, 0.25) is 0 Å². The van der Waals surface area contributed by atoms with Crippen molar-refractivity contribution in [3.05, 3.63) is 28.2 Å². The first-order chi connectivity index (χ1) is 8.40. The number of hydrogen-bond acceptors (Lipinski definition) is 2.